The van der Waals surface area contributed by atoms with Gasteiger partial charge in [0.1, 0.15) is 5.60 Å². The summed E-state index contributed by atoms with van der Waals surface area (Å²) in [6.45, 7) is 11.8. The van der Waals surface area contributed by atoms with E-state index in [0.717, 1.165) is 25.7 Å². The summed E-state index contributed by atoms with van der Waals surface area (Å²) >= 11 is 0. The first-order chi connectivity index (χ1) is 7.28. The van der Waals surface area contributed by atoms with E-state index in [9.17, 15) is 4.79 Å². The van der Waals surface area contributed by atoms with Crippen LogP contribution in [0.5, 0.6) is 0 Å². The normalized spacial score (nSPS) is 20.2. The van der Waals surface area contributed by atoms with Gasteiger partial charge in [0.15, 0.2) is 0 Å². The summed E-state index contributed by atoms with van der Waals surface area (Å²) in [7, 11) is 0. The molecule has 0 heterocycles. The predicted molar refractivity (Wildman–Crippen MR) is 66.2 cm³/mol. The maximum absolute atomic E-state index is 11.7. The monoisotopic (exact) mass is 224 g/mol. The second kappa shape index (κ2) is 4.60. The van der Waals surface area contributed by atoms with Gasteiger partial charge in [-0.2, -0.15) is 0 Å². The van der Waals surface area contributed by atoms with Crippen LogP contribution in [0.25, 0.3) is 0 Å². The molecular weight excluding hydrogens is 200 g/mol. The van der Waals surface area contributed by atoms with Gasteiger partial charge in [0, 0.05) is 11.0 Å². The van der Waals surface area contributed by atoms with E-state index in [-0.39, 0.29) is 17.0 Å². The lowest BCUT2D eigenvalue weighted by atomic mass is 9.68. The molecule has 1 aliphatic carbocycles. The van der Waals surface area contributed by atoms with Crippen molar-refractivity contribution in [2.75, 3.05) is 0 Å². The van der Waals surface area contributed by atoms with Crippen molar-refractivity contribution in [2.45, 2.75) is 65.4 Å². The molecule has 1 rings (SSSR count). The van der Waals surface area contributed by atoms with Crippen LogP contribution in [0.2, 0.25) is 0 Å². The second-order valence-corrected chi connectivity index (χ2v) is 5.97. The van der Waals surface area contributed by atoms with E-state index in [4.69, 9.17) is 4.74 Å². The molecule has 0 atom stereocenters. The largest absolute Gasteiger partial charge is 0.455 e. The van der Waals surface area contributed by atoms with Crippen LogP contribution in [-0.4, -0.2) is 11.6 Å². The Morgan fingerprint density at radius 2 is 1.69 bits per heavy atom. The summed E-state index contributed by atoms with van der Waals surface area (Å²) in [5, 5.41) is 0. The van der Waals surface area contributed by atoms with Gasteiger partial charge in [0.05, 0.1) is 0 Å². The van der Waals surface area contributed by atoms with Crippen molar-refractivity contribution in [1.82, 2.24) is 0 Å². The summed E-state index contributed by atoms with van der Waals surface area (Å²) in [6.07, 6.45) is 5.52. The van der Waals surface area contributed by atoms with Crippen LogP contribution in [0, 0.1) is 5.41 Å². The molecule has 1 saturated carbocycles. The Bertz CT molecular complexity index is 278. The molecule has 1 aliphatic rings. The van der Waals surface area contributed by atoms with Crippen LogP contribution in [0.1, 0.15) is 59.8 Å². The molecule has 2 nitrogen and oxygen atoms in total. The minimum absolute atomic E-state index is 0.00146. The fraction of sp³-hybridized carbons (Fsp3) is 0.786. The zero-order chi connectivity index (χ0) is 12.4. The number of esters is 1. The van der Waals surface area contributed by atoms with Crippen LogP contribution < -0.4 is 0 Å². The molecule has 0 unspecified atom stereocenters. The van der Waals surface area contributed by atoms with Gasteiger partial charge < -0.3 is 4.74 Å². The molecule has 0 spiro atoms. The van der Waals surface area contributed by atoms with Gasteiger partial charge in [-0.15, -0.1) is 0 Å². The average Bonchev–Trinajstić information content (AvgIpc) is 2.17. The third kappa shape index (κ3) is 2.66. The van der Waals surface area contributed by atoms with E-state index in [1.165, 1.54) is 6.42 Å². The van der Waals surface area contributed by atoms with Gasteiger partial charge in [-0.1, -0.05) is 33.8 Å². The summed E-state index contributed by atoms with van der Waals surface area (Å²) in [4.78, 5) is 11.7. The molecule has 2 heteroatoms. The highest BCUT2D eigenvalue weighted by Crippen LogP contribution is 2.45. The van der Waals surface area contributed by atoms with Crippen LogP contribution in [0.3, 0.4) is 0 Å². The lowest BCUT2D eigenvalue weighted by molar-refractivity contribution is -0.174. The maximum Gasteiger partial charge on any atom is 0.333 e. The standard InChI is InChI=1S/C14H24O2/c1-11(2)12(15)16-14(13(3,4)5)9-7-6-8-10-14/h1,6-10H2,2-5H3. The van der Waals surface area contributed by atoms with Crippen molar-refractivity contribution in [3.63, 3.8) is 0 Å². The zero-order valence-corrected chi connectivity index (χ0v) is 11.1. The van der Waals surface area contributed by atoms with E-state index in [1.807, 2.05) is 0 Å². The fourth-order valence-electron chi connectivity index (χ4n) is 2.39. The predicted octanol–water partition coefficient (Wildman–Crippen LogP) is 3.85. The summed E-state index contributed by atoms with van der Waals surface area (Å²) in [6, 6.07) is 0. The molecule has 1 fully saturated rings. The first-order valence-electron chi connectivity index (χ1n) is 6.17. The van der Waals surface area contributed by atoms with E-state index in [0.29, 0.717) is 5.57 Å². The number of ether oxygens (including phenoxy) is 1. The number of hydrogen-bond acceptors (Lipinski definition) is 2. The van der Waals surface area contributed by atoms with Crippen molar-refractivity contribution in [1.29, 1.82) is 0 Å². The highest BCUT2D eigenvalue weighted by Gasteiger charge is 2.46. The highest BCUT2D eigenvalue weighted by atomic mass is 16.6. The average molecular weight is 224 g/mol. The lowest BCUT2D eigenvalue weighted by Crippen LogP contribution is -2.48. The molecule has 0 bridgehead atoms. The number of hydrogen-bond donors (Lipinski definition) is 0. The van der Waals surface area contributed by atoms with Crippen LogP contribution in [-0.2, 0) is 9.53 Å². The molecule has 0 aromatic rings. The topological polar surface area (TPSA) is 26.3 Å². The van der Waals surface area contributed by atoms with Gasteiger partial charge in [-0.25, -0.2) is 4.79 Å². The Morgan fingerprint density at radius 1 is 1.19 bits per heavy atom. The molecule has 0 amide bonds. The van der Waals surface area contributed by atoms with E-state index >= 15 is 0 Å². The van der Waals surface area contributed by atoms with Gasteiger partial charge >= 0.3 is 5.97 Å². The highest BCUT2D eigenvalue weighted by molar-refractivity contribution is 5.87. The van der Waals surface area contributed by atoms with E-state index < -0.39 is 0 Å². The summed E-state index contributed by atoms with van der Waals surface area (Å²) in [5.41, 5.74) is 0.203. The van der Waals surface area contributed by atoms with Gasteiger partial charge in [-0.05, 0) is 32.6 Å². The van der Waals surface area contributed by atoms with Crippen molar-refractivity contribution >= 4 is 5.97 Å². The van der Waals surface area contributed by atoms with Crippen LogP contribution in [0.15, 0.2) is 12.2 Å². The first-order valence-corrected chi connectivity index (χ1v) is 6.17. The molecule has 0 aliphatic heterocycles. The van der Waals surface area contributed by atoms with E-state index in [1.54, 1.807) is 6.92 Å². The molecule has 0 saturated heterocycles. The Morgan fingerprint density at radius 3 is 2.06 bits per heavy atom. The first kappa shape index (κ1) is 13.3. The van der Waals surface area contributed by atoms with Crippen LogP contribution in [0.4, 0.5) is 0 Å². The molecule has 92 valence electrons. The quantitative estimate of drug-likeness (QED) is 0.526. The summed E-state index contributed by atoms with van der Waals surface area (Å²) < 4.78 is 5.77. The SMILES string of the molecule is C=C(C)C(=O)OC1(C(C)(C)C)CCCCC1. The van der Waals surface area contributed by atoms with Crippen molar-refractivity contribution in [2.24, 2.45) is 5.41 Å². The van der Waals surface area contributed by atoms with Crippen molar-refractivity contribution < 1.29 is 9.53 Å². The Kier molecular flexibility index (Phi) is 3.82. The Hall–Kier alpha value is -0.790. The minimum Gasteiger partial charge on any atom is -0.455 e. The van der Waals surface area contributed by atoms with E-state index in [2.05, 4.69) is 27.4 Å². The molecule has 16 heavy (non-hydrogen) atoms. The van der Waals surface area contributed by atoms with Crippen molar-refractivity contribution in [3.05, 3.63) is 12.2 Å². The number of carbonyl (C=O) groups excluding carboxylic acids is 1. The molecule has 0 radical (unpaired) electrons. The fourth-order valence-corrected chi connectivity index (χ4v) is 2.39. The maximum atomic E-state index is 11.7. The van der Waals surface area contributed by atoms with Crippen LogP contribution >= 0.6 is 0 Å². The number of carbonyl (C=O) groups is 1. The van der Waals surface area contributed by atoms with Crippen molar-refractivity contribution in [3.8, 4) is 0 Å². The molecule has 0 aromatic heterocycles. The molecular formula is C14H24O2. The minimum atomic E-state index is -0.290. The smallest absolute Gasteiger partial charge is 0.333 e. The van der Waals surface area contributed by atoms with Gasteiger partial charge in [0.2, 0.25) is 0 Å². The molecule has 0 N–H and O–H groups in total. The lowest BCUT2D eigenvalue weighted by Gasteiger charge is -2.46. The second-order valence-electron chi connectivity index (χ2n) is 5.97. The number of rotatable bonds is 2. The van der Waals surface area contributed by atoms with Gasteiger partial charge in [0.25, 0.3) is 0 Å². The zero-order valence-electron chi connectivity index (χ0n) is 11.1. The van der Waals surface area contributed by atoms with Gasteiger partial charge in [-0.3, -0.25) is 0 Å². The third-order valence-electron chi connectivity index (χ3n) is 3.66. The Balaban J connectivity index is 2.87. The third-order valence-corrected chi connectivity index (χ3v) is 3.66. The molecule has 0 aromatic carbocycles. The summed E-state index contributed by atoms with van der Waals surface area (Å²) in [5.74, 6) is -0.239. The Labute approximate surface area is 99.1 Å².